The van der Waals surface area contributed by atoms with Gasteiger partial charge in [0, 0.05) is 55.1 Å². The quantitative estimate of drug-likeness (QED) is 0.137. The summed E-state index contributed by atoms with van der Waals surface area (Å²) in [4.78, 5) is 60.3. The van der Waals surface area contributed by atoms with Gasteiger partial charge in [0.1, 0.15) is 29.2 Å². The number of methoxy groups -OCH3 is 1. The lowest BCUT2D eigenvalue weighted by molar-refractivity contribution is -0.144. The minimum Gasteiger partial charge on any atom is -0.497 e. The molecule has 13 nitrogen and oxygen atoms in total. The monoisotopic (exact) mass is 768 g/mol. The molecule has 1 aliphatic heterocycles. The molecule has 300 valence electrons. The van der Waals surface area contributed by atoms with E-state index in [0.29, 0.717) is 29.3 Å². The highest BCUT2D eigenvalue weighted by atomic mass is 16.5. The second kappa shape index (κ2) is 16.9. The van der Waals surface area contributed by atoms with Gasteiger partial charge in [0.15, 0.2) is 0 Å². The fraction of sp³-hybridized carbons (Fsp3) is 0.512. The number of likely N-dealkylation sites (N-methyl/N-ethyl adjacent to an activating group) is 1. The molecule has 3 aromatic rings. The first-order chi connectivity index (χ1) is 26.8. The van der Waals surface area contributed by atoms with E-state index < -0.39 is 59.0 Å². The maximum Gasteiger partial charge on any atom is 0.330 e. The van der Waals surface area contributed by atoms with Crippen LogP contribution in [0.3, 0.4) is 0 Å². The van der Waals surface area contributed by atoms with Gasteiger partial charge >= 0.3 is 12.0 Å². The zero-order valence-corrected chi connectivity index (χ0v) is 33.1. The van der Waals surface area contributed by atoms with E-state index in [-0.39, 0.29) is 31.2 Å². The molecule has 2 aliphatic carbocycles. The summed E-state index contributed by atoms with van der Waals surface area (Å²) in [7, 11) is 3.23. The fourth-order valence-corrected chi connectivity index (χ4v) is 8.16. The van der Waals surface area contributed by atoms with E-state index in [9.17, 15) is 24.3 Å². The molecule has 3 fully saturated rings. The number of carbonyl (C=O) groups is 4. The van der Waals surface area contributed by atoms with Crippen LogP contribution in [0.2, 0.25) is 0 Å². The molecule has 5 N–H and O–H groups in total. The van der Waals surface area contributed by atoms with Crippen molar-refractivity contribution < 1.29 is 33.8 Å². The molecule has 0 bridgehead atoms. The van der Waals surface area contributed by atoms with E-state index in [1.807, 2.05) is 75.4 Å². The molecule has 6 atom stereocenters. The van der Waals surface area contributed by atoms with Crippen LogP contribution in [0.4, 0.5) is 4.79 Å². The molecule has 4 amide bonds. The zero-order chi connectivity index (χ0) is 40.2. The summed E-state index contributed by atoms with van der Waals surface area (Å²) >= 11 is 0. The van der Waals surface area contributed by atoms with E-state index in [4.69, 9.17) is 14.5 Å². The molecule has 0 spiro atoms. The molecular formula is C43H56N6O7. The Morgan fingerprint density at radius 1 is 1.07 bits per heavy atom. The molecule has 0 radical (unpaired) electrons. The van der Waals surface area contributed by atoms with E-state index in [0.717, 1.165) is 43.1 Å². The molecule has 2 aromatic carbocycles. The van der Waals surface area contributed by atoms with Gasteiger partial charge in [-0.15, -0.1) is 6.58 Å². The number of rotatable bonds is 14. The first-order valence-corrected chi connectivity index (χ1v) is 19.7. The molecule has 56 heavy (non-hydrogen) atoms. The number of hydrogen-bond acceptors (Lipinski definition) is 8. The van der Waals surface area contributed by atoms with Crippen molar-refractivity contribution in [1.29, 1.82) is 0 Å². The van der Waals surface area contributed by atoms with E-state index in [1.54, 1.807) is 14.2 Å². The number of carbonyl (C=O) groups excluding carboxylic acids is 3. The first-order valence-electron chi connectivity index (χ1n) is 19.7. The Labute approximate surface area is 329 Å². The summed E-state index contributed by atoms with van der Waals surface area (Å²) in [5.41, 5.74) is 0.310. The maximum absolute atomic E-state index is 14.4. The minimum atomic E-state index is -1.48. The largest absolute Gasteiger partial charge is 0.497 e. The number of ether oxygens (including phenoxy) is 2. The summed E-state index contributed by atoms with van der Waals surface area (Å²) in [6, 6.07) is 14.7. The SMILES string of the molecule is C=C[C@@H]1C[C@]1(NC(=O)[C@@H]1C[C@@H](Oc2cc(-c3ccccc3)nc3cc(OC)ccc23)CN1C(=O)NC(CN[C@H](C(=O)NC)C1CCCCC1)C(C)(C)C)C(=O)O. The molecule has 6 rings (SSSR count). The highest BCUT2D eigenvalue weighted by molar-refractivity contribution is 5.95. The second-order valence-corrected chi connectivity index (χ2v) is 16.5. The minimum absolute atomic E-state index is 0.0583. The number of urea groups is 1. The number of nitrogens with zero attached hydrogens (tertiary/aromatic N) is 2. The Kier molecular flexibility index (Phi) is 12.2. The molecule has 2 heterocycles. The standard InChI is InChI=1S/C43H56N6O7/c1-7-28-23-43(28,40(52)53)48-38(50)34-21-30(56-35-22-32(26-14-10-8-11-15-26)46-33-20-29(55-6)18-19-31(33)35)25-49(34)41(54)47-36(42(2,3)4)24-45-37(39(51)44-5)27-16-12-9-13-17-27/h7-8,10-11,14-15,18-20,22,27-28,30,34,36-37,45H,1,9,12-13,16-17,21,23-25H2,2-6H3,(H,44,51)(H,47,54)(H,48,50)(H,52,53)/t28-,30-,34+,36?,37+,43-/m1/s1. The highest BCUT2D eigenvalue weighted by Gasteiger charge is 2.61. The number of aliphatic carboxylic acids is 1. The van der Waals surface area contributed by atoms with E-state index in [2.05, 4.69) is 27.8 Å². The van der Waals surface area contributed by atoms with Crippen LogP contribution in [0.25, 0.3) is 22.2 Å². The predicted octanol–water partition coefficient (Wildman–Crippen LogP) is 5.29. The zero-order valence-electron chi connectivity index (χ0n) is 33.1. The van der Waals surface area contributed by atoms with Crippen molar-refractivity contribution in [2.45, 2.75) is 95.5 Å². The Bertz CT molecular complexity index is 1930. The number of nitrogens with one attached hydrogen (secondary N) is 4. The van der Waals surface area contributed by atoms with Gasteiger partial charge in [-0.3, -0.25) is 9.59 Å². The van der Waals surface area contributed by atoms with Gasteiger partial charge < -0.3 is 40.7 Å². The van der Waals surface area contributed by atoms with Crippen molar-refractivity contribution in [3.05, 3.63) is 67.3 Å². The summed E-state index contributed by atoms with van der Waals surface area (Å²) in [6.07, 6.45) is 6.48. The summed E-state index contributed by atoms with van der Waals surface area (Å²) in [5, 5.41) is 23.1. The second-order valence-electron chi connectivity index (χ2n) is 16.5. The molecule has 1 unspecified atom stereocenters. The van der Waals surface area contributed by atoms with Gasteiger partial charge in [-0.2, -0.15) is 0 Å². The first kappa shape index (κ1) is 40.5. The number of carboxylic acids is 1. The van der Waals surface area contributed by atoms with E-state index in [1.165, 1.54) is 11.0 Å². The van der Waals surface area contributed by atoms with Crippen molar-refractivity contribution in [2.24, 2.45) is 17.3 Å². The average Bonchev–Trinajstić information content (AvgIpc) is 3.76. The van der Waals surface area contributed by atoms with Crippen LogP contribution in [0.5, 0.6) is 11.5 Å². The molecule has 1 saturated heterocycles. The fourth-order valence-electron chi connectivity index (χ4n) is 8.16. The third-order valence-corrected chi connectivity index (χ3v) is 11.7. The number of aromatic nitrogens is 1. The van der Waals surface area contributed by atoms with Crippen LogP contribution >= 0.6 is 0 Å². The van der Waals surface area contributed by atoms with E-state index >= 15 is 0 Å². The number of amides is 4. The van der Waals surface area contributed by atoms with Gasteiger partial charge in [-0.25, -0.2) is 14.6 Å². The van der Waals surface area contributed by atoms with Crippen LogP contribution in [0.15, 0.2) is 67.3 Å². The van der Waals surface area contributed by atoms with Crippen LogP contribution in [0.1, 0.15) is 65.7 Å². The average molecular weight is 769 g/mol. The van der Waals surface area contributed by atoms with Gasteiger partial charge in [0.25, 0.3) is 0 Å². The van der Waals surface area contributed by atoms with Crippen molar-refractivity contribution in [3.63, 3.8) is 0 Å². The van der Waals surface area contributed by atoms with Gasteiger partial charge in [-0.1, -0.05) is 76.4 Å². The number of benzene rings is 2. The molecule has 1 aromatic heterocycles. The topological polar surface area (TPSA) is 171 Å². The molecule has 13 heteroatoms. The van der Waals surface area contributed by atoms with Crippen LogP contribution < -0.4 is 30.7 Å². The summed E-state index contributed by atoms with van der Waals surface area (Å²) in [5.74, 6) is -0.865. The number of carboxylic acid groups (broad SMARTS) is 1. The number of hydrogen-bond donors (Lipinski definition) is 5. The molecular weight excluding hydrogens is 713 g/mol. The Morgan fingerprint density at radius 2 is 1.80 bits per heavy atom. The molecule has 2 saturated carbocycles. The van der Waals surface area contributed by atoms with Gasteiger partial charge in [0.2, 0.25) is 11.8 Å². The highest BCUT2D eigenvalue weighted by Crippen LogP contribution is 2.45. The Hall–Kier alpha value is -5.17. The summed E-state index contributed by atoms with van der Waals surface area (Å²) < 4.78 is 12.2. The molecule has 3 aliphatic rings. The Balaban J connectivity index is 1.28. The predicted molar refractivity (Wildman–Crippen MR) is 214 cm³/mol. The van der Waals surface area contributed by atoms with Crippen molar-refractivity contribution in [3.8, 4) is 22.8 Å². The maximum atomic E-state index is 14.4. The smallest absolute Gasteiger partial charge is 0.330 e. The lowest BCUT2D eigenvalue weighted by atomic mass is 9.82. The van der Waals surface area contributed by atoms with Crippen LogP contribution in [-0.2, 0) is 14.4 Å². The van der Waals surface area contributed by atoms with Crippen molar-refractivity contribution in [1.82, 2.24) is 31.2 Å². The number of fused-ring (bicyclic) bond motifs is 1. The van der Waals surface area contributed by atoms with Crippen molar-refractivity contribution in [2.75, 3.05) is 27.2 Å². The lowest BCUT2D eigenvalue weighted by Crippen LogP contribution is -2.59. The van der Waals surface area contributed by atoms with Gasteiger partial charge in [-0.05, 0) is 42.7 Å². The normalized spacial score (nSPS) is 23.4. The summed E-state index contributed by atoms with van der Waals surface area (Å²) in [6.45, 7) is 10.2. The lowest BCUT2D eigenvalue weighted by Gasteiger charge is -2.37. The number of pyridine rings is 1. The van der Waals surface area contributed by atoms with Crippen LogP contribution in [0, 0.1) is 17.3 Å². The van der Waals surface area contributed by atoms with Gasteiger partial charge in [0.05, 0.1) is 30.9 Å². The third kappa shape index (κ3) is 8.77. The van der Waals surface area contributed by atoms with Crippen molar-refractivity contribution >= 4 is 34.7 Å². The Morgan fingerprint density at radius 3 is 2.43 bits per heavy atom. The third-order valence-electron chi connectivity index (χ3n) is 11.7. The number of likely N-dealkylation sites (tertiary alicyclic amines) is 1. The van der Waals surface area contributed by atoms with Crippen LogP contribution in [-0.4, -0.2) is 95.8 Å².